The lowest BCUT2D eigenvalue weighted by Gasteiger charge is -2.61. The minimum Gasteiger partial charge on any atom is -0.330 e. The third kappa shape index (κ3) is 3.45. The molecule has 26 heavy (non-hydrogen) atoms. The third-order valence-electron chi connectivity index (χ3n) is 7.48. The van der Waals surface area contributed by atoms with E-state index in [-0.39, 0.29) is 29.5 Å². The van der Waals surface area contributed by atoms with Crippen LogP contribution in [0.2, 0.25) is 0 Å². The Balaban J connectivity index is 2.66. The second-order valence-corrected chi connectivity index (χ2v) is 8.63. The SMILES string of the molecule is CC(N)C(CN)(C1(C[N+](=O)[O-])CCCCC1)C1(C[N+](=O)[O-])CCCCC1. The van der Waals surface area contributed by atoms with Gasteiger partial charge < -0.3 is 11.5 Å². The average Bonchev–Trinajstić information content (AvgIpc) is 2.55. The van der Waals surface area contributed by atoms with Crippen LogP contribution in [0.5, 0.6) is 0 Å². The molecule has 2 aliphatic carbocycles. The van der Waals surface area contributed by atoms with E-state index >= 15 is 0 Å². The lowest BCUT2D eigenvalue weighted by atomic mass is 9.42. The molecule has 0 aromatic heterocycles. The minimum absolute atomic E-state index is 0.173. The Labute approximate surface area is 155 Å². The van der Waals surface area contributed by atoms with Gasteiger partial charge in [0.1, 0.15) is 0 Å². The van der Waals surface area contributed by atoms with Crippen LogP contribution in [0.4, 0.5) is 0 Å². The molecular weight excluding hydrogens is 336 g/mol. The summed E-state index contributed by atoms with van der Waals surface area (Å²) in [5, 5.41) is 23.3. The summed E-state index contributed by atoms with van der Waals surface area (Å²) >= 11 is 0. The fourth-order valence-electron chi connectivity index (χ4n) is 6.59. The summed E-state index contributed by atoms with van der Waals surface area (Å²) in [6, 6.07) is -0.427. The zero-order valence-corrected chi connectivity index (χ0v) is 16.0. The van der Waals surface area contributed by atoms with Gasteiger partial charge in [0.15, 0.2) is 0 Å². The molecule has 2 saturated carbocycles. The van der Waals surface area contributed by atoms with Crippen molar-refractivity contribution < 1.29 is 9.85 Å². The van der Waals surface area contributed by atoms with Crippen LogP contribution in [-0.2, 0) is 0 Å². The first kappa shape index (κ1) is 21.0. The highest BCUT2D eigenvalue weighted by atomic mass is 16.6. The fraction of sp³-hybridized carbons (Fsp3) is 1.00. The van der Waals surface area contributed by atoms with Crippen molar-refractivity contribution in [2.75, 3.05) is 19.6 Å². The number of rotatable bonds is 8. The number of hydrogen-bond donors (Lipinski definition) is 2. The van der Waals surface area contributed by atoms with Gasteiger partial charge in [-0.25, -0.2) is 0 Å². The molecule has 0 bridgehead atoms. The average molecular weight is 370 g/mol. The van der Waals surface area contributed by atoms with Gasteiger partial charge in [0, 0.05) is 38.7 Å². The Kier molecular flexibility index (Phi) is 6.60. The summed E-state index contributed by atoms with van der Waals surface area (Å²) in [4.78, 5) is 22.8. The van der Waals surface area contributed by atoms with E-state index in [2.05, 4.69) is 0 Å². The Morgan fingerprint density at radius 3 is 1.46 bits per heavy atom. The number of hydrogen-bond acceptors (Lipinski definition) is 6. The van der Waals surface area contributed by atoms with E-state index in [0.29, 0.717) is 25.7 Å². The molecule has 0 spiro atoms. The molecule has 0 heterocycles. The Morgan fingerprint density at radius 2 is 1.23 bits per heavy atom. The molecule has 8 nitrogen and oxygen atoms in total. The van der Waals surface area contributed by atoms with E-state index in [4.69, 9.17) is 11.5 Å². The second kappa shape index (κ2) is 8.17. The van der Waals surface area contributed by atoms with Crippen molar-refractivity contribution in [2.45, 2.75) is 77.2 Å². The van der Waals surface area contributed by atoms with Gasteiger partial charge in [-0.15, -0.1) is 0 Å². The molecule has 2 rings (SSSR count). The summed E-state index contributed by atoms with van der Waals surface area (Å²) in [6.45, 7) is 1.65. The molecule has 2 aliphatic rings. The van der Waals surface area contributed by atoms with Crippen LogP contribution >= 0.6 is 0 Å². The van der Waals surface area contributed by atoms with Crippen molar-refractivity contribution in [1.29, 1.82) is 0 Å². The predicted molar refractivity (Wildman–Crippen MR) is 99.9 cm³/mol. The maximum absolute atomic E-state index is 11.7. The van der Waals surface area contributed by atoms with Crippen LogP contribution < -0.4 is 11.5 Å². The van der Waals surface area contributed by atoms with Crippen LogP contribution in [0, 0.1) is 36.5 Å². The Bertz CT molecular complexity index is 473. The van der Waals surface area contributed by atoms with Gasteiger partial charge in [0.05, 0.1) is 0 Å². The monoisotopic (exact) mass is 370 g/mol. The minimum atomic E-state index is -0.791. The summed E-state index contributed by atoms with van der Waals surface area (Å²) in [5.41, 5.74) is 10.8. The largest absolute Gasteiger partial charge is 0.330 e. The molecule has 0 radical (unpaired) electrons. The third-order valence-corrected chi connectivity index (χ3v) is 7.48. The predicted octanol–water partition coefficient (Wildman–Crippen LogP) is 2.73. The molecule has 1 atom stereocenters. The highest BCUT2D eigenvalue weighted by Crippen LogP contribution is 2.63. The zero-order chi connectivity index (χ0) is 19.4. The summed E-state index contributed by atoms with van der Waals surface area (Å²) in [6.07, 6.45) is 8.43. The van der Waals surface area contributed by atoms with E-state index in [1.165, 1.54) is 0 Å². The smallest absolute Gasteiger partial charge is 0.210 e. The molecule has 0 aromatic rings. The fourth-order valence-corrected chi connectivity index (χ4v) is 6.59. The number of nitrogens with two attached hydrogens (primary N) is 2. The van der Waals surface area contributed by atoms with Crippen molar-refractivity contribution in [3.63, 3.8) is 0 Å². The van der Waals surface area contributed by atoms with Crippen molar-refractivity contribution in [1.82, 2.24) is 0 Å². The van der Waals surface area contributed by atoms with Crippen molar-refractivity contribution in [3.05, 3.63) is 20.2 Å². The van der Waals surface area contributed by atoms with Crippen LogP contribution in [-0.4, -0.2) is 35.5 Å². The van der Waals surface area contributed by atoms with Crippen molar-refractivity contribution in [3.8, 4) is 0 Å². The van der Waals surface area contributed by atoms with Gasteiger partial charge in [-0.1, -0.05) is 38.5 Å². The van der Waals surface area contributed by atoms with Gasteiger partial charge in [0.2, 0.25) is 13.1 Å². The molecule has 4 N–H and O–H groups in total. The van der Waals surface area contributed by atoms with Gasteiger partial charge in [-0.3, -0.25) is 20.2 Å². The van der Waals surface area contributed by atoms with E-state index in [9.17, 15) is 20.2 Å². The molecule has 8 heteroatoms. The highest BCUT2D eigenvalue weighted by Gasteiger charge is 2.67. The van der Waals surface area contributed by atoms with Crippen molar-refractivity contribution in [2.24, 2.45) is 27.7 Å². The summed E-state index contributed by atoms with van der Waals surface area (Å²) < 4.78 is 0. The van der Waals surface area contributed by atoms with Crippen LogP contribution in [0.25, 0.3) is 0 Å². The topological polar surface area (TPSA) is 138 Å². The van der Waals surface area contributed by atoms with Gasteiger partial charge in [-0.05, 0) is 32.6 Å². The molecule has 0 amide bonds. The van der Waals surface area contributed by atoms with Crippen LogP contribution in [0.15, 0.2) is 0 Å². The zero-order valence-electron chi connectivity index (χ0n) is 16.0. The first-order chi connectivity index (χ1) is 12.3. The number of nitro groups is 2. The molecule has 150 valence electrons. The normalized spacial score (nSPS) is 24.0. The van der Waals surface area contributed by atoms with Crippen LogP contribution in [0.1, 0.15) is 71.1 Å². The lowest BCUT2D eigenvalue weighted by Crippen LogP contribution is -2.69. The van der Waals surface area contributed by atoms with E-state index in [1.54, 1.807) is 0 Å². The maximum atomic E-state index is 11.7. The number of nitrogens with zero attached hydrogens (tertiary/aromatic N) is 2. The van der Waals surface area contributed by atoms with Gasteiger partial charge in [-0.2, -0.15) is 0 Å². The van der Waals surface area contributed by atoms with Crippen LogP contribution in [0.3, 0.4) is 0 Å². The first-order valence-corrected chi connectivity index (χ1v) is 9.95. The quantitative estimate of drug-likeness (QED) is 0.497. The second-order valence-electron chi connectivity index (χ2n) is 8.63. The van der Waals surface area contributed by atoms with E-state index in [0.717, 1.165) is 38.5 Å². The molecule has 1 unspecified atom stereocenters. The molecule has 0 aliphatic heterocycles. The first-order valence-electron chi connectivity index (χ1n) is 9.95. The molecule has 0 saturated heterocycles. The Hall–Kier alpha value is -1.28. The highest BCUT2D eigenvalue weighted by molar-refractivity contribution is 5.13. The van der Waals surface area contributed by atoms with Gasteiger partial charge >= 0.3 is 0 Å². The standard InChI is InChI=1S/C18H34N4O4/c1-15(20)18(12-19,16(13-21(23)24)8-4-2-5-9-16)17(14-22(25)26)10-6-3-7-11-17/h15H,2-14,19-20H2,1H3. The molecule has 0 aromatic carbocycles. The summed E-state index contributed by atoms with van der Waals surface area (Å²) in [5.74, 6) is 0. The van der Waals surface area contributed by atoms with E-state index < -0.39 is 22.3 Å². The summed E-state index contributed by atoms with van der Waals surface area (Å²) in [7, 11) is 0. The van der Waals surface area contributed by atoms with Crippen molar-refractivity contribution >= 4 is 0 Å². The lowest BCUT2D eigenvalue weighted by molar-refractivity contribution is -0.524. The van der Waals surface area contributed by atoms with Gasteiger partial charge in [0.25, 0.3) is 0 Å². The Morgan fingerprint density at radius 1 is 0.885 bits per heavy atom. The van der Waals surface area contributed by atoms with E-state index in [1.807, 2.05) is 6.92 Å². The molecule has 2 fully saturated rings. The molecular formula is C18H34N4O4. The maximum Gasteiger partial charge on any atom is 0.210 e.